The van der Waals surface area contributed by atoms with E-state index in [0.29, 0.717) is 23.9 Å². The Balaban J connectivity index is 1.96. The normalized spacial score (nSPS) is 11.3. The molecule has 1 amide bonds. The lowest BCUT2D eigenvalue weighted by molar-refractivity contribution is 0.0950. The minimum Gasteiger partial charge on any atom is -0.346 e. The van der Waals surface area contributed by atoms with Crippen molar-refractivity contribution in [3.8, 4) is 0 Å². The maximum atomic E-state index is 12.2. The average molecular weight is 313 g/mol. The molecule has 1 aromatic heterocycles. The van der Waals surface area contributed by atoms with E-state index >= 15 is 0 Å². The summed E-state index contributed by atoms with van der Waals surface area (Å²) in [6.07, 6.45) is 0.994. The largest absolute Gasteiger partial charge is 0.346 e. The summed E-state index contributed by atoms with van der Waals surface area (Å²) in [4.78, 5) is 12.2. The zero-order valence-corrected chi connectivity index (χ0v) is 14.8. The maximum absolute atomic E-state index is 12.2. The van der Waals surface area contributed by atoms with Gasteiger partial charge in [-0.1, -0.05) is 39.8 Å². The molecule has 23 heavy (non-hydrogen) atoms. The Morgan fingerprint density at radius 2 is 1.83 bits per heavy atom. The van der Waals surface area contributed by atoms with Crippen molar-refractivity contribution < 1.29 is 4.79 Å². The van der Waals surface area contributed by atoms with Crippen molar-refractivity contribution in [2.45, 2.75) is 46.6 Å². The summed E-state index contributed by atoms with van der Waals surface area (Å²) in [5.74, 6) is 1.00. The zero-order valence-electron chi connectivity index (χ0n) is 14.8. The highest BCUT2D eigenvalue weighted by atomic mass is 16.1. The summed E-state index contributed by atoms with van der Waals surface area (Å²) in [6.45, 7) is 9.12. The summed E-state index contributed by atoms with van der Waals surface area (Å²) >= 11 is 0. The smallest absolute Gasteiger partial charge is 0.251 e. The van der Waals surface area contributed by atoms with Gasteiger partial charge in [-0.25, -0.2) is 0 Å². The molecule has 0 unspecified atom stereocenters. The van der Waals surface area contributed by atoms with E-state index in [4.69, 9.17) is 0 Å². The second-order valence-electron chi connectivity index (χ2n) is 6.81. The van der Waals surface area contributed by atoms with Crippen molar-refractivity contribution in [3.63, 3.8) is 0 Å². The van der Waals surface area contributed by atoms with Crippen molar-refractivity contribution >= 4 is 5.91 Å². The number of nitrogens with zero attached hydrogens (tertiary/aromatic N) is 2. The summed E-state index contributed by atoms with van der Waals surface area (Å²) < 4.78 is 1.90. The highest BCUT2D eigenvalue weighted by Crippen LogP contribution is 2.15. The number of carbonyl (C=O) groups excluding carboxylic acids is 1. The van der Waals surface area contributed by atoms with Crippen LogP contribution in [0, 0.1) is 5.92 Å². The minimum absolute atomic E-state index is 0.0589. The number of hydrogen-bond donors (Lipinski definition) is 1. The number of carbonyl (C=O) groups is 1. The first kappa shape index (κ1) is 17.3. The molecular formula is C19H27N3O. The molecule has 0 spiro atoms. The first-order valence-electron chi connectivity index (χ1n) is 8.26. The third-order valence-electron chi connectivity index (χ3n) is 3.91. The molecule has 0 saturated carbocycles. The van der Waals surface area contributed by atoms with Gasteiger partial charge in [0, 0.05) is 18.3 Å². The van der Waals surface area contributed by atoms with Crippen LogP contribution in [0.5, 0.6) is 0 Å². The highest BCUT2D eigenvalue weighted by molar-refractivity contribution is 5.94. The lowest BCUT2D eigenvalue weighted by atomic mass is 10.0. The molecule has 4 heteroatoms. The van der Waals surface area contributed by atoms with E-state index in [1.165, 1.54) is 11.3 Å². The predicted octanol–water partition coefficient (Wildman–Crippen LogP) is 3.67. The molecule has 4 nitrogen and oxygen atoms in total. The molecule has 0 aliphatic heterocycles. The maximum Gasteiger partial charge on any atom is 0.251 e. The van der Waals surface area contributed by atoms with E-state index in [0.717, 1.165) is 12.1 Å². The van der Waals surface area contributed by atoms with Crippen LogP contribution in [-0.4, -0.2) is 15.7 Å². The van der Waals surface area contributed by atoms with Gasteiger partial charge in [0.2, 0.25) is 0 Å². The topological polar surface area (TPSA) is 46.9 Å². The van der Waals surface area contributed by atoms with Gasteiger partial charge in [-0.15, -0.1) is 0 Å². The van der Waals surface area contributed by atoms with Gasteiger partial charge < -0.3 is 5.32 Å². The SMILES string of the molecule is CC(C)Cc1cc(CNC(=O)c2ccc(C(C)C)cc2)nn1C. The summed E-state index contributed by atoms with van der Waals surface area (Å²) in [5.41, 5.74) is 4.03. The van der Waals surface area contributed by atoms with Gasteiger partial charge in [0.1, 0.15) is 0 Å². The highest BCUT2D eigenvalue weighted by Gasteiger charge is 2.10. The number of benzene rings is 1. The quantitative estimate of drug-likeness (QED) is 0.884. The lowest BCUT2D eigenvalue weighted by Crippen LogP contribution is -2.23. The Labute approximate surface area is 138 Å². The third kappa shape index (κ3) is 4.68. The van der Waals surface area contributed by atoms with Crippen molar-refractivity contribution in [2.75, 3.05) is 0 Å². The van der Waals surface area contributed by atoms with Crippen LogP contribution in [0.3, 0.4) is 0 Å². The molecule has 0 radical (unpaired) electrons. The number of hydrogen-bond acceptors (Lipinski definition) is 2. The van der Waals surface area contributed by atoms with Gasteiger partial charge in [-0.3, -0.25) is 9.48 Å². The standard InChI is InChI=1S/C19H27N3O/c1-13(2)10-18-11-17(21-22(18)5)12-20-19(23)16-8-6-15(7-9-16)14(3)4/h6-9,11,13-14H,10,12H2,1-5H3,(H,20,23). The minimum atomic E-state index is -0.0589. The Morgan fingerprint density at radius 1 is 1.17 bits per heavy atom. The molecule has 0 saturated heterocycles. The lowest BCUT2D eigenvalue weighted by Gasteiger charge is -2.07. The second kappa shape index (κ2) is 7.44. The van der Waals surface area contributed by atoms with Gasteiger partial charge in [0.15, 0.2) is 0 Å². The van der Waals surface area contributed by atoms with Gasteiger partial charge in [-0.05, 0) is 42.0 Å². The zero-order chi connectivity index (χ0) is 17.0. The Kier molecular flexibility index (Phi) is 5.59. The number of amides is 1. The molecule has 1 heterocycles. The fourth-order valence-corrected chi connectivity index (χ4v) is 2.56. The van der Waals surface area contributed by atoms with E-state index in [2.05, 4.69) is 44.2 Å². The molecule has 0 bridgehead atoms. The molecule has 2 rings (SSSR count). The van der Waals surface area contributed by atoms with Crippen LogP contribution in [0.1, 0.15) is 60.9 Å². The van der Waals surface area contributed by atoms with Crippen LogP contribution in [0.2, 0.25) is 0 Å². The molecule has 0 aliphatic carbocycles. The predicted molar refractivity (Wildman–Crippen MR) is 93.5 cm³/mol. The first-order valence-corrected chi connectivity index (χ1v) is 8.26. The number of nitrogens with one attached hydrogen (secondary N) is 1. The van der Waals surface area contributed by atoms with E-state index in [-0.39, 0.29) is 5.91 Å². The molecule has 124 valence electrons. The molecule has 0 fully saturated rings. The van der Waals surface area contributed by atoms with Gasteiger partial charge in [-0.2, -0.15) is 5.10 Å². The Morgan fingerprint density at radius 3 is 2.39 bits per heavy atom. The summed E-state index contributed by atoms with van der Waals surface area (Å²) in [6, 6.07) is 9.87. The fourth-order valence-electron chi connectivity index (χ4n) is 2.56. The van der Waals surface area contributed by atoms with Gasteiger partial charge >= 0.3 is 0 Å². The monoisotopic (exact) mass is 313 g/mol. The Hall–Kier alpha value is -2.10. The van der Waals surface area contributed by atoms with Crippen LogP contribution in [0.15, 0.2) is 30.3 Å². The van der Waals surface area contributed by atoms with Crippen molar-refractivity contribution in [2.24, 2.45) is 13.0 Å². The number of aromatic nitrogens is 2. The molecular weight excluding hydrogens is 286 g/mol. The fraction of sp³-hybridized carbons (Fsp3) is 0.474. The second-order valence-corrected chi connectivity index (χ2v) is 6.81. The molecule has 0 aliphatic rings. The van der Waals surface area contributed by atoms with E-state index in [1.54, 1.807) is 0 Å². The molecule has 0 atom stereocenters. The van der Waals surface area contributed by atoms with E-state index in [9.17, 15) is 4.79 Å². The van der Waals surface area contributed by atoms with Crippen LogP contribution in [-0.2, 0) is 20.0 Å². The van der Waals surface area contributed by atoms with E-state index < -0.39 is 0 Å². The van der Waals surface area contributed by atoms with Crippen LogP contribution in [0.4, 0.5) is 0 Å². The van der Waals surface area contributed by atoms with E-state index in [1.807, 2.05) is 36.0 Å². The Bertz CT molecular complexity index is 654. The summed E-state index contributed by atoms with van der Waals surface area (Å²) in [5, 5.41) is 7.41. The van der Waals surface area contributed by atoms with Crippen molar-refractivity contribution in [1.82, 2.24) is 15.1 Å². The first-order chi connectivity index (χ1) is 10.9. The van der Waals surface area contributed by atoms with Crippen LogP contribution < -0.4 is 5.32 Å². The molecule has 2 aromatic rings. The van der Waals surface area contributed by atoms with Gasteiger partial charge in [0.25, 0.3) is 5.91 Å². The molecule has 1 N–H and O–H groups in total. The van der Waals surface area contributed by atoms with Crippen molar-refractivity contribution in [1.29, 1.82) is 0 Å². The third-order valence-corrected chi connectivity index (χ3v) is 3.91. The number of aryl methyl sites for hydroxylation is 1. The summed E-state index contributed by atoms with van der Waals surface area (Å²) in [7, 11) is 1.95. The molecule has 1 aromatic carbocycles. The van der Waals surface area contributed by atoms with Crippen LogP contribution in [0.25, 0.3) is 0 Å². The van der Waals surface area contributed by atoms with Gasteiger partial charge in [0.05, 0.1) is 12.2 Å². The van der Waals surface area contributed by atoms with Crippen molar-refractivity contribution in [3.05, 3.63) is 52.8 Å². The average Bonchev–Trinajstić information content (AvgIpc) is 2.84. The van der Waals surface area contributed by atoms with Crippen LogP contribution >= 0.6 is 0 Å². The number of rotatable bonds is 6.